The largest absolute Gasteiger partial charge is 0.367 e. The smallest absolute Gasteiger partial charge is 0.0642 e. The van der Waals surface area contributed by atoms with E-state index in [4.69, 9.17) is 17.3 Å². The molecule has 0 saturated carbocycles. The fraction of sp³-hybridized carbons (Fsp3) is 0.600. The van der Waals surface area contributed by atoms with E-state index in [0.29, 0.717) is 12.0 Å². The van der Waals surface area contributed by atoms with E-state index < -0.39 is 0 Å². The van der Waals surface area contributed by atoms with Crippen LogP contribution in [0.3, 0.4) is 0 Å². The Balaban J connectivity index is 2.28. The Hall–Kier alpha value is -0.730. The monoisotopic (exact) mass is 266 g/mol. The first-order chi connectivity index (χ1) is 8.50. The lowest BCUT2D eigenvalue weighted by Gasteiger charge is -2.30. The Morgan fingerprint density at radius 1 is 1.33 bits per heavy atom. The van der Waals surface area contributed by atoms with Crippen molar-refractivity contribution >= 4 is 17.3 Å². The third-order valence-electron chi connectivity index (χ3n) is 3.88. The van der Waals surface area contributed by atoms with Crippen molar-refractivity contribution in [3.8, 4) is 0 Å². The second-order valence-electron chi connectivity index (χ2n) is 5.65. The maximum Gasteiger partial charge on any atom is 0.0642 e. The van der Waals surface area contributed by atoms with E-state index >= 15 is 0 Å². The second-order valence-corrected chi connectivity index (χ2v) is 6.05. The highest BCUT2D eigenvalue weighted by molar-refractivity contribution is 6.33. The van der Waals surface area contributed by atoms with Gasteiger partial charge in [0, 0.05) is 18.6 Å². The van der Waals surface area contributed by atoms with Crippen molar-refractivity contribution in [3.05, 3.63) is 28.8 Å². The average Bonchev–Trinajstić information content (AvgIpc) is 2.77. The van der Waals surface area contributed by atoms with Crippen molar-refractivity contribution in [2.24, 2.45) is 11.7 Å². The van der Waals surface area contributed by atoms with Crippen LogP contribution in [0.2, 0.25) is 5.02 Å². The molecular weight excluding hydrogens is 244 g/mol. The number of anilines is 1. The van der Waals surface area contributed by atoms with Gasteiger partial charge in [0.25, 0.3) is 0 Å². The molecule has 1 heterocycles. The van der Waals surface area contributed by atoms with Crippen LogP contribution in [0, 0.1) is 5.92 Å². The van der Waals surface area contributed by atoms with Gasteiger partial charge in [-0.1, -0.05) is 31.5 Å². The van der Waals surface area contributed by atoms with Crippen LogP contribution < -0.4 is 10.6 Å². The van der Waals surface area contributed by atoms with Gasteiger partial charge in [0.05, 0.1) is 10.7 Å². The van der Waals surface area contributed by atoms with Gasteiger partial charge in [0.2, 0.25) is 0 Å². The Kier molecular flexibility index (Phi) is 4.18. The molecule has 0 aromatic heterocycles. The van der Waals surface area contributed by atoms with Gasteiger partial charge >= 0.3 is 0 Å². The van der Waals surface area contributed by atoms with E-state index in [-0.39, 0.29) is 6.04 Å². The molecule has 1 aromatic rings. The molecule has 2 N–H and O–H groups in total. The van der Waals surface area contributed by atoms with Crippen LogP contribution in [0.15, 0.2) is 18.2 Å². The Morgan fingerprint density at radius 3 is 2.61 bits per heavy atom. The molecule has 18 heavy (non-hydrogen) atoms. The molecule has 0 radical (unpaired) electrons. The summed E-state index contributed by atoms with van der Waals surface area (Å²) in [6.45, 7) is 7.67. The van der Waals surface area contributed by atoms with E-state index in [1.807, 2.05) is 13.0 Å². The number of hydrogen-bond acceptors (Lipinski definition) is 2. The number of nitrogens with zero attached hydrogens (tertiary/aromatic N) is 1. The Bertz CT molecular complexity index is 415. The quantitative estimate of drug-likeness (QED) is 0.897. The lowest BCUT2D eigenvalue weighted by atomic mass is 10.0. The van der Waals surface area contributed by atoms with E-state index in [0.717, 1.165) is 22.8 Å². The molecule has 1 aromatic carbocycles. The summed E-state index contributed by atoms with van der Waals surface area (Å²) in [4.78, 5) is 2.46. The summed E-state index contributed by atoms with van der Waals surface area (Å²) in [7, 11) is 0. The van der Waals surface area contributed by atoms with Crippen LogP contribution in [0.5, 0.6) is 0 Å². The molecule has 1 unspecified atom stereocenters. The lowest BCUT2D eigenvalue weighted by molar-refractivity contribution is 0.492. The normalized spacial score (nSPS) is 21.7. The number of rotatable bonds is 3. The summed E-state index contributed by atoms with van der Waals surface area (Å²) < 4.78 is 0. The van der Waals surface area contributed by atoms with Crippen molar-refractivity contribution in [2.75, 3.05) is 11.4 Å². The second kappa shape index (κ2) is 5.50. The standard InChI is InChI=1S/C15H23ClN2/c1-10(2)14-5-4-8-18(14)15-7-6-12(11(3)17)9-13(15)16/h6-7,9-11,14H,4-5,8,17H2,1-3H3/t11-,14?/m1/s1. The molecule has 0 aliphatic carbocycles. The highest BCUT2D eigenvalue weighted by Gasteiger charge is 2.28. The zero-order valence-electron chi connectivity index (χ0n) is 11.5. The predicted octanol–water partition coefficient (Wildman–Crippen LogP) is 3.98. The van der Waals surface area contributed by atoms with Gasteiger partial charge in [-0.15, -0.1) is 0 Å². The minimum Gasteiger partial charge on any atom is -0.367 e. The Labute approximate surface area is 115 Å². The topological polar surface area (TPSA) is 29.3 Å². The first-order valence-corrected chi connectivity index (χ1v) is 7.20. The molecule has 2 rings (SSSR count). The van der Waals surface area contributed by atoms with Gasteiger partial charge in [-0.05, 0) is 43.4 Å². The fourth-order valence-corrected chi connectivity index (χ4v) is 3.12. The highest BCUT2D eigenvalue weighted by Crippen LogP contribution is 2.35. The van der Waals surface area contributed by atoms with Crippen LogP contribution in [-0.2, 0) is 0 Å². The molecule has 1 fully saturated rings. The molecule has 3 heteroatoms. The van der Waals surface area contributed by atoms with Gasteiger partial charge in [-0.25, -0.2) is 0 Å². The maximum atomic E-state index is 6.43. The minimum absolute atomic E-state index is 0.0380. The molecule has 1 saturated heterocycles. The summed E-state index contributed by atoms with van der Waals surface area (Å²) in [6.07, 6.45) is 2.53. The molecule has 0 spiro atoms. The van der Waals surface area contributed by atoms with Crippen molar-refractivity contribution in [1.29, 1.82) is 0 Å². The van der Waals surface area contributed by atoms with Gasteiger partial charge < -0.3 is 10.6 Å². The number of halogens is 1. The first-order valence-electron chi connectivity index (χ1n) is 6.82. The SMILES string of the molecule is CC(C)C1CCCN1c1ccc([C@@H](C)N)cc1Cl. The first kappa shape index (κ1) is 13.7. The number of nitrogens with two attached hydrogens (primary N) is 1. The Morgan fingerprint density at radius 2 is 2.06 bits per heavy atom. The summed E-state index contributed by atoms with van der Waals surface area (Å²) in [5.41, 5.74) is 8.15. The van der Waals surface area contributed by atoms with Crippen molar-refractivity contribution in [1.82, 2.24) is 0 Å². The van der Waals surface area contributed by atoms with Gasteiger partial charge in [-0.2, -0.15) is 0 Å². The van der Waals surface area contributed by atoms with Gasteiger partial charge in [0.1, 0.15) is 0 Å². The zero-order chi connectivity index (χ0) is 13.3. The summed E-state index contributed by atoms with van der Waals surface area (Å²) in [5.74, 6) is 0.664. The van der Waals surface area contributed by atoms with Crippen molar-refractivity contribution in [3.63, 3.8) is 0 Å². The van der Waals surface area contributed by atoms with Gasteiger partial charge in [-0.3, -0.25) is 0 Å². The molecule has 0 bridgehead atoms. The maximum absolute atomic E-state index is 6.43. The van der Waals surface area contributed by atoms with Crippen LogP contribution in [0.1, 0.15) is 45.2 Å². The van der Waals surface area contributed by atoms with E-state index in [9.17, 15) is 0 Å². The lowest BCUT2D eigenvalue weighted by Crippen LogP contribution is -2.33. The van der Waals surface area contributed by atoms with Crippen molar-refractivity contribution in [2.45, 2.75) is 45.7 Å². The van der Waals surface area contributed by atoms with Crippen molar-refractivity contribution < 1.29 is 0 Å². The van der Waals surface area contributed by atoms with Gasteiger partial charge in [0.15, 0.2) is 0 Å². The summed E-state index contributed by atoms with van der Waals surface area (Å²) in [6, 6.07) is 6.89. The van der Waals surface area contributed by atoms with E-state index in [1.165, 1.54) is 12.8 Å². The average molecular weight is 267 g/mol. The van der Waals surface area contributed by atoms with E-state index in [2.05, 4.69) is 30.9 Å². The number of hydrogen-bond donors (Lipinski definition) is 1. The summed E-state index contributed by atoms with van der Waals surface area (Å²) >= 11 is 6.43. The molecule has 1 aliphatic heterocycles. The number of benzene rings is 1. The molecule has 2 nitrogen and oxygen atoms in total. The zero-order valence-corrected chi connectivity index (χ0v) is 12.2. The third-order valence-corrected chi connectivity index (χ3v) is 4.18. The summed E-state index contributed by atoms with van der Waals surface area (Å²) in [5, 5.41) is 0.831. The van der Waals surface area contributed by atoms with E-state index in [1.54, 1.807) is 0 Å². The third kappa shape index (κ3) is 2.65. The molecule has 0 amide bonds. The van der Waals surface area contributed by atoms with Crippen LogP contribution in [0.25, 0.3) is 0 Å². The molecule has 1 aliphatic rings. The molecule has 100 valence electrons. The predicted molar refractivity (Wildman–Crippen MR) is 79.3 cm³/mol. The molecule has 2 atom stereocenters. The van der Waals surface area contributed by atoms with Crippen LogP contribution in [-0.4, -0.2) is 12.6 Å². The fourth-order valence-electron chi connectivity index (χ4n) is 2.82. The van der Waals surface area contributed by atoms with Crippen LogP contribution >= 0.6 is 11.6 Å². The van der Waals surface area contributed by atoms with Crippen LogP contribution in [0.4, 0.5) is 5.69 Å². The highest BCUT2D eigenvalue weighted by atomic mass is 35.5. The molecular formula is C15H23ClN2. The minimum atomic E-state index is 0.0380.